The Bertz CT molecular complexity index is 406. The molecular weight excluding hydrogens is 238 g/mol. The van der Waals surface area contributed by atoms with Gasteiger partial charge in [-0.2, -0.15) is 0 Å². The van der Waals surface area contributed by atoms with Crippen LogP contribution in [0.1, 0.15) is 37.0 Å². The number of nitrogens with one attached hydrogen (secondary N) is 1. The van der Waals surface area contributed by atoms with E-state index >= 15 is 0 Å². The number of hydrogen-bond acceptors (Lipinski definition) is 3. The molecule has 1 heterocycles. The summed E-state index contributed by atoms with van der Waals surface area (Å²) < 4.78 is 11.3. The number of hydrogen-bond donors (Lipinski definition) is 1. The molecule has 1 saturated heterocycles. The molecule has 0 saturated carbocycles. The Morgan fingerprint density at radius 3 is 2.95 bits per heavy atom. The van der Waals surface area contributed by atoms with Crippen molar-refractivity contribution < 1.29 is 9.47 Å². The summed E-state index contributed by atoms with van der Waals surface area (Å²) in [5.41, 5.74) is 2.46. The van der Waals surface area contributed by atoms with E-state index in [0.29, 0.717) is 5.92 Å². The maximum absolute atomic E-state index is 6.02. The number of methoxy groups -OCH3 is 1. The topological polar surface area (TPSA) is 30.5 Å². The summed E-state index contributed by atoms with van der Waals surface area (Å²) in [5.74, 6) is 1.52. The van der Waals surface area contributed by atoms with Crippen LogP contribution in [0.25, 0.3) is 0 Å². The van der Waals surface area contributed by atoms with E-state index in [1.807, 2.05) is 6.07 Å². The van der Waals surface area contributed by atoms with E-state index in [-0.39, 0.29) is 6.10 Å². The molecule has 0 amide bonds. The van der Waals surface area contributed by atoms with Gasteiger partial charge in [0, 0.05) is 19.1 Å². The van der Waals surface area contributed by atoms with Crippen molar-refractivity contribution in [2.75, 3.05) is 26.8 Å². The van der Waals surface area contributed by atoms with Crippen LogP contribution in [0.4, 0.5) is 0 Å². The molecule has 1 aromatic rings. The summed E-state index contributed by atoms with van der Waals surface area (Å²) in [6, 6.07) is 6.39. The molecule has 0 aromatic heterocycles. The van der Waals surface area contributed by atoms with Crippen LogP contribution in [-0.4, -0.2) is 26.8 Å². The molecular formula is C16H25NO2. The molecule has 0 bridgehead atoms. The van der Waals surface area contributed by atoms with Crippen molar-refractivity contribution in [1.29, 1.82) is 0 Å². The van der Waals surface area contributed by atoms with Gasteiger partial charge < -0.3 is 14.8 Å². The minimum atomic E-state index is 0.220. The number of aryl methyl sites for hydroxylation is 1. The van der Waals surface area contributed by atoms with Gasteiger partial charge in [0.25, 0.3) is 0 Å². The van der Waals surface area contributed by atoms with Gasteiger partial charge in [-0.25, -0.2) is 0 Å². The smallest absolute Gasteiger partial charge is 0.121 e. The molecule has 0 aliphatic carbocycles. The molecule has 1 N–H and O–H groups in total. The zero-order valence-corrected chi connectivity index (χ0v) is 12.2. The van der Waals surface area contributed by atoms with Gasteiger partial charge in [-0.1, -0.05) is 13.0 Å². The molecule has 2 rings (SSSR count). The second kappa shape index (κ2) is 6.92. The zero-order chi connectivity index (χ0) is 13.7. The van der Waals surface area contributed by atoms with Crippen LogP contribution in [-0.2, 0) is 4.74 Å². The molecule has 1 aromatic carbocycles. The lowest BCUT2D eigenvalue weighted by Crippen LogP contribution is -2.31. The summed E-state index contributed by atoms with van der Waals surface area (Å²) >= 11 is 0. The van der Waals surface area contributed by atoms with Crippen molar-refractivity contribution in [3.05, 3.63) is 29.3 Å². The monoisotopic (exact) mass is 263 g/mol. The first kappa shape index (κ1) is 14.4. The minimum Gasteiger partial charge on any atom is -0.496 e. The fraction of sp³-hybridized carbons (Fsp3) is 0.625. The van der Waals surface area contributed by atoms with Crippen LogP contribution in [0, 0.1) is 12.8 Å². The summed E-state index contributed by atoms with van der Waals surface area (Å²) in [7, 11) is 1.72. The lowest BCUT2D eigenvalue weighted by molar-refractivity contribution is -0.0276. The SMILES string of the molecule is CCNCC1CCCOC1c1ccc(OC)c(C)c1. The van der Waals surface area contributed by atoms with Crippen molar-refractivity contribution >= 4 is 0 Å². The molecule has 1 aliphatic rings. The zero-order valence-electron chi connectivity index (χ0n) is 12.2. The van der Waals surface area contributed by atoms with Crippen LogP contribution in [0.3, 0.4) is 0 Å². The van der Waals surface area contributed by atoms with Gasteiger partial charge >= 0.3 is 0 Å². The number of benzene rings is 1. The first-order valence-corrected chi connectivity index (χ1v) is 7.23. The van der Waals surface area contributed by atoms with Crippen molar-refractivity contribution in [2.45, 2.75) is 32.8 Å². The second-order valence-electron chi connectivity index (χ2n) is 5.23. The summed E-state index contributed by atoms with van der Waals surface area (Å²) in [4.78, 5) is 0. The van der Waals surface area contributed by atoms with E-state index in [4.69, 9.17) is 9.47 Å². The Hall–Kier alpha value is -1.06. The quantitative estimate of drug-likeness (QED) is 0.885. The van der Waals surface area contributed by atoms with E-state index in [1.165, 1.54) is 24.0 Å². The normalized spacial score (nSPS) is 23.3. The van der Waals surface area contributed by atoms with Gasteiger partial charge in [0.15, 0.2) is 0 Å². The molecule has 2 unspecified atom stereocenters. The van der Waals surface area contributed by atoms with Gasteiger partial charge in [-0.05, 0) is 49.6 Å². The van der Waals surface area contributed by atoms with E-state index in [1.54, 1.807) is 7.11 Å². The average Bonchev–Trinajstić information content (AvgIpc) is 2.45. The number of rotatable bonds is 5. The predicted molar refractivity (Wildman–Crippen MR) is 77.7 cm³/mol. The predicted octanol–water partition coefficient (Wildman–Crippen LogP) is 3.08. The van der Waals surface area contributed by atoms with Gasteiger partial charge in [-0.3, -0.25) is 0 Å². The third-order valence-corrected chi connectivity index (χ3v) is 3.85. The highest BCUT2D eigenvalue weighted by atomic mass is 16.5. The average molecular weight is 263 g/mol. The third-order valence-electron chi connectivity index (χ3n) is 3.85. The van der Waals surface area contributed by atoms with Gasteiger partial charge in [0.1, 0.15) is 5.75 Å². The maximum atomic E-state index is 6.02. The van der Waals surface area contributed by atoms with Gasteiger partial charge in [0.2, 0.25) is 0 Å². The fourth-order valence-corrected chi connectivity index (χ4v) is 2.83. The molecule has 3 heteroatoms. The Morgan fingerprint density at radius 2 is 2.26 bits per heavy atom. The Kier molecular flexibility index (Phi) is 5.23. The summed E-state index contributed by atoms with van der Waals surface area (Å²) in [6.45, 7) is 7.16. The van der Waals surface area contributed by atoms with Crippen LogP contribution in [0.2, 0.25) is 0 Å². The summed E-state index contributed by atoms with van der Waals surface area (Å²) in [5, 5.41) is 3.45. The van der Waals surface area contributed by atoms with Crippen LogP contribution in [0.5, 0.6) is 5.75 Å². The van der Waals surface area contributed by atoms with Crippen molar-refractivity contribution in [3.63, 3.8) is 0 Å². The van der Waals surface area contributed by atoms with Crippen molar-refractivity contribution in [3.8, 4) is 5.75 Å². The largest absolute Gasteiger partial charge is 0.496 e. The minimum absolute atomic E-state index is 0.220. The van der Waals surface area contributed by atoms with Crippen LogP contribution < -0.4 is 10.1 Å². The standard InChI is InChI=1S/C16H25NO2/c1-4-17-11-14-6-5-9-19-16(14)13-7-8-15(18-3)12(2)10-13/h7-8,10,14,16-17H,4-6,9,11H2,1-3H3. The van der Waals surface area contributed by atoms with E-state index < -0.39 is 0 Å². The lowest BCUT2D eigenvalue weighted by Gasteiger charge is -2.32. The van der Waals surface area contributed by atoms with Gasteiger partial charge in [0.05, 0.1) is 13.2 Å². The lowest BCUT2D eigenvalue weighted by atomic mass is 9.88. The molecule has 0 radical (unpaired) electrons. The molecule has 2 atom stereocenters. The Morgan fingerprint density at radius 1 is 1.42 bits per heavy atom. The van der Waals surface area contributed by atoms with Crippen molar-refractivity contribution in [1.82, 2.24) is 5.32 Å². The highest BCUT2D eigenvalue weighted by Gasteiger charge is 2.27. The van der Waals surface area contributed by atoms with Crippen LogP contribution in [0.15, 0.2) is 18.2 Å². The maximum Gasteiger partial charge on any atom is 0.121 e. The highest BCUT2D eigenvalue weighted by molar-refractivity contribution is 5.37. The molecule has 1 aliphatic heterocycles. The van der Waals surface area contributed by atoms with E-state index in [0.717, 1.165) is 25.4 Å². The molecule has 1 fully saturated rings. The van der Waals surface area contributed by atoms with Gasteiger partial charge in [-0.15, -0.1) is 0 Å². The molecule has 3 nitrogen and oxygen atoms in total. The van der Waals surface area contributed by atoms with Crippen molar-refractivity contribution in [2.24, 2.45) is 5.92 Å². The Balaban J connectivity index is 2.14. The molecule has 0 spiro atoms. The molecule has 19 heavy (non-hydrogen) atoms. The fourth-order valence-electron chi connectivity index (χ4n) is 2.83. The van der Waals surface area contributed by atoms with E-state index in [2.05, 4.69) is 31.3 Å². The second-order valence-corrected chi connectivity index (χ2v) is 5.23. The highest BCUT2D eigenvalue weighted by Crippen LogP contribution is 2.35. The van der Waals surface area contributed by atoms with E-state index in [9.17, 15) is 0 Å². The molecule has 106 valence electrons. The first-order valence-electron chi connectivity index (χ1n) is 7.23. The first-order chi connectivity index (χ1) is 9.26. The Labute approximate surface area is 116 Å². The van der Waals surface area contributed by atoms with Crippen LogP contribution >= 0.6 is 0 Å². The third kappa shape index (κ3) is 3.48. The summed E-state index contributed by atoms with van der Waals surface area (Å²) in [6.07, 6.45) is 2.63. The number of ether oxygens (including phenoxy) is 2.